The Bertz CT molecular complexity index is 190. The van der Waals surface area contributed by atoms with Gasteiger partial charge in [-0.05, 0) is 0 Å². The molecule has 1 rings (SSSR count). The smallest absolute Gasteiger partial charge is 0.162 e. The zero-order valence-corrected chi connectivity index (χ0v) is 9.05. The van der Waals surface area contributed by atoms with Crippen molar-refractivity contribution in [1.82, 2.24) is 0 Å². The van der Waals surface area contributed by atoms with Crippen LogP contribution in [0.25, 0.3) is 0 Å². The summed E-state index contributed by atoms with van der Waals surface area (Å²) in [6.45, 7) is 0.213. The number of aliphatic hydroxyl groups is 5. The van der Waals surface area contributed by atoms with Crippen molar-refractivity contribution in [2.45, 2.75) is 29.8 Å². The van der Waals surface area contributed by atoms with Gasteiger partial charge < -0.3 is 30.8 Å². The average Bonchev–Trinajstić information content (AvgIpc) is 2.78. The lowest BCUT2D eigenvalue weighted by Gasteiger charge is -2.26. The largest absolute Gasteiger partial charge is 0.394 e. The molecule has 5 atom stereocenters. The summed E-state index contributed by atoms with van der Waals surface area (Å²) in [6, 6.07) is 0. The molecule has 0 aromatic rings. The Kier molecular flexibility index (Phi) is 5.27. The van der Waals surface area contributed by atoms with Gasteiger partial charge in [0.2, 0.25) is 0 Å². The third-order valence-electron chi connectivity index (χ3n) is 2.44. The summed E-state index contributed by atoms with van der Waals surface area (Å²) in [5.41, 5.74) is 0. The zero-order chi connectivity index (χ0) is 11.4. The zero-order valence-electron chi connectivity index (χ0n) is 8.23. The fourth-order valence-corrected chi connectivity index (χ4v) is 2.65. The van der Waals surface area contributed by atoms with Crippen molar-refractivity contribution < 1.29 is 30.8 Å². The number of hydrogen-bond donors (Lipinski definition) is 6. The maximum Gasteiger partial charge on any atom is 0.162 e. The molecule has 0 aromatic heterocycles. The molecule has 0 spiro atoms. The SMILES string of the molecule is OC[C@@H](O)[C@@H](O)[C@@H](O)[C@H](O)[C@@H]1[NH2+]CCS1. The van der Waals surface area contributed by atoms with Gasteiger partial charge in [0.15, 0.2) is 5.37 Å². The Morgan fingerprint density at radius 2 is 1.87 bits per heavy atom. The molecule has 0 amide bonds. The van der Waals surface area contributed by atoms with E-state index in [1.165, 1.54) is 11.8 Å². The molecule has 0 bridgehead atoms. The van der Waals surface area contributed by atoms with Gasteiger partial charge in [-0.15, -0.1) is 0 Å². The standard InChI is InChI=1S/C8H17NO5S/c10-3-4(11)5(12)6(13)7(14)8-9-1-2-15-8/h4-14H,1-3H2/p+1/t4-,5-,6-,7+,8-/m1/s1. The van der Waals surface area contributed by atoms with Crippen molar-refractivity contribution in [3.8, 4) is 0 Å². The Labute approximate surface area is 91.9 Å². The van der Waals surface area contributed by atoms with E-state index in [1.54, 1.807) is 0 Å². The molecule has 1 fully saturated rings. The molecule has 6 nitrogen and oxygen atoms in total. The van der Waals surface area contributed by atoms with Crippen LogP contribution in [-0.2, 0) is 0 Å². The van der Waals surface area contributed by atoms with E-state index in [0.717, 1.165) is 12.3 Å². The number of thioether (sulfide) groups is 1. The van der Waals surface area contributed by atoms with Crippen LogP contribution in [0.2, 0.25) is 0 Å². The quantitative estimate of drug-likeness (QED) is 0.292. The first kappa shape index (κ1) is 13.2. The number of nitrogens with two attached hydrogens (primary N) is 1. The van der Waals surface area contributed by atoms with Crippen LogP contribution < -0.4 is 5.32 Å². The van der Waals surface area contributed by atoms with Crippen LogP contribution in [0.15, 0.2) is 0 Å². The molecule has 1 saturated heterocycles. The molecule has 15 heavy (non-hydrogen) atoms. The first-order valence-corrected chi connectivity index (χ1v) is 5.91. The van der Waals surface area contributed by atoms with Crippen molar-refractivity contribution in [2.75, 3.05) is 18.9 Å². The van der Waals surface area contributed by atoms with Gasteiger partial charge in [-0.3, -0.25) is 0 Å². The first-order valence-electron chi connectivity index (χ1n) is 4.86. The molecular formula is C8H18NO5S+. The Hall–Kier alpha value is 0.110. The summed E-state index contributed by atoms with van der Waals surface area (Å²) in [4.78, 5) is 0. The third kappa shape index (κ3) is 3.28. The summed E-state index contributed by atoms with van der Waals surface area (Å²) < 4.78 is 0. The van der Waals surface area contributed by atoms with Gasteiger partial charge >= 0.3 is 0 Å². The van der Waals surface area contributed by atoms with E-state index in [9.17, 15) is 15.3 Å². The second-order valence-electron chi connectivity index (χ2n) is 3.58. The van der Waals surface area contributed by atoms with E-state index in [0.29, 0.717) is 0 Å². The minimum Gasteiger partial charge on any atom is -0.394 e. The van der Waals surface area contributed by atoms with Gasteiger partial charge in [-0.1, -0.05) is 11.8 Å². The van der Waals surface area contributed by atoms with Crippen molar-refractivity contribution >= 4 is 11.8 Å². The summed E-state index contributed by atoms with van der Waals surface area (Å²) in [5.74, 6) is 0.882. The van der Waals surface area contributed by atoms with Crippen LogP contribution in [0.4, 0.5) is 0 Å². The van der Waals surface area contributed by atoms with E-state index < -0.39 is 31.0 Å². The summed E-state index contributed by atoms with van der Waals surface area (Å²) in [7, 11) is 0. The second-order valence-corrected chi connectivity index (χ2v) is 4.87. The molecule has 1 heterocycles. The topological polar surface area (TPSA) is 118 Å². The van der Waals surface area contributed by atoms with Gasteiger partial charge in [0.25, 0.3) is 0 Å². The maximum atomic E-state index is 9.68. The third-order valence-corrected chi connectivity index (χ3v) is 3.77. The van der Waals surface area contributed by atoms with Crippen molar-refractivity contribution in [3.05, 3.63) is 0 Å². The summed E-state index contributed by atoms with van der Waals surface area (Å²) in [5, 5.41) is 47.9. The van der Waals surface area contributed by atoms with Crippen molar-refractivity contribution in [1.29, 1.82) is 0 Å². The molecule has 90 valence electrons. The maximum absolute atomic E-state index is 9.68. The van der Waals surface area contributed by atoms with Gasteiger partial charge in [-0.2, -0.15) is 0 Å². The van der Waals surface area contributed by atoms with E-state index in [1.807, 2.05) is 5.32 Å². The molecule has 1 aliphatic rings. The number of aliphatic hydroxyl groups excluding tert-OH is 5. The van der Waals surface area contributed by atoms with Crippen molar-refractivity contribution in [2.24, 2.45) is 0 Å². The molecule has 0 aromatic carbocycles. The molecular weight excluding hydrogens is 222 g/mol. The minimum absolute atomic E-state index is 0.222. The normalized spacial score (nSPS) is 29.8. The number of quaternary nitrogens is 1. The fraction of sp³-hybridized carbons (Fsp3) is 1.00. The molecule has 7 heteroatoms. The van der Waals surface area contributed by atoms with Crippen LogP contribution in [0.1, 0.15) is 0 Å². The lowest BCUT2D eigenvalue weighted by Crippen LogP contribution is -2.89. The van der Waals surface area contributed by atoms with Gasteiger partial charge in [-0.25, -0.2) is 0 Å². The molecule has 0 radical (unpaired) electrons. The summed E-state index contributed by atoms with van der Waals surface area (Å²) >= 11 is 1.49. The van der Waals surface area contributed by atoms with E-state index in [2.05, 4.69) is 0 Å². The molecule has 1 aliphatic heterocycles. The Morgan fingerprint density at radius 1 is 1.20 bits per heavy atom. The van der Waals surface area contributed by atoms with E-state index in [4.69, 9.17) is 10.2 Å². The van der Waals surface area contributed by atoms with Crippen LogP contribution in [0.5, 0.6) is 0 Å². The molecule has 0 unspecified atom stereocenters. The van der Waals surface area contributed by atoms with Crippen LogP contribution in [0.3, 0.4) is 0 Å². The number of rotatable bonds is 5. The highest BCUT2D eigenvalue weighted by Crippen LogP contribution is 2.16. The predicted octanol–water partition coefficient (Wildman–Crippen LogP) is -3.94. The average molecular weight is 240 g/mol. The highest BCUT2D eigenvalue weighted by atomic mass is 32.2. The van der Waals surface area contributed by atoms with E-state index in [-0.39, 0.29) is 5.37 Å². The highest BCUT2D eigenvalue weighted by Gasteiger charge is 2.38. The van der Waals surface area contributed by atoms with Crippen LogP contribution >= 0.6 is 11.8 Å². The number of hydrogen-bond acceptors (Lipinski definition) is 6. The molecule has 7 N–H and O–H groups in total. The lowest BCUT2D eigenvalue weighted by molar-refractivity contribution is -0.665. The second kappa shape index (κ2) is 6.00. The molecule has 0 aliphatic carbocycles. The highest BCUT2D eigenvalue weighted by molar-refractivity contribution is 7.99. The molecule has 0 saturated carbocycles. The summed E-state index contributed by atoms with van der Waals surface area (Å²) in [6.07, 6.45) is -5.52. The minimum atomic E-state index is -1.53. The lowest BCUT2D eigenvalue weighted by atomic mass is 10.0. The fourth-order valence-electron chi connectivity index (χ4n) is 1.47. The van der Waals surface area contributed by atoms with Gasteiger partial charge in [0.1, 0.15) is 24.4 Å². The van der Waals surface area contributed by atoms with Crippen molar-refractivity contribution in [3.63, 3.8) is 0 Å². The first-order chi connectivity index (χ1) is 7.07. The Morgan fingerprint density at radius 3 is 2.33 bits per heavy atom. The Balaban J connectivity index is 2.46. The monoisotopic (exact) mass is 240 g/mol. The van der Waals surface area contributed by atoms with E-state index >= 15 is 0 Å². The van der Waals surface area contributed by atoms with Crippen LogP contribution in [-0.4, -0.2) is 74.2 Å². The van der Waals surface area contributed by atoms with Gasteiger partial charge in [0, 0.05) is 5.75 Å². The predicted molar refractivity (Wildman–Crippen MR) is 54.2 cm³/mol. The van der Waals surface area contributed by atoms with Crippen LogP contribution in [0, 0.1) is 0 Å². The van der Waals surface area contributed by atoms with Gasteiger partial charge in [0.05, 0.1) is 13.2 Å².